The third-order valence-electron chi connectivity index (χ3n) is 2.80. The molecule has 0 bridgehead atoms. The first-order valence-corrected chi connectivity index (χ1v) is 6.01. The lowest BCUT2D eigenvalue weighted by atomic mass is 10.2. The molecular formula is C13H21N3O2. The van der Waals surface area contributed by atoms with Crippen LogP contribution >= 0.6 is 0 Å². The van der Waals surface area contributed by atoms with E-state index in [1.54, 1.807) is 13.2 Å². The maximum absolute atomic E-state index is 11.4. The summed E-state index contributed by atoms with van der Waals surface area (Å²) in [6.07, 6.45) is 2.66. The minimum atomic E-state index is -0.288. The lowest BCUT2D eigenvalue weighted by molar-refractivity contribution is -0.143. The van der Waals surface area contributed by atoms with Crippen LogP contribution in [0.4, 0.5) is 0 Å². The van der Waals surface area contributed by atoms with Crippen molar-refractivity contribution in [1.82, 2.24) is 15.2 Å². The van der Waals surface area contributed by atoms with Crippen molar-refractivity contribution in [3.63, 3.8) is 0 Å². The second-order valence-electron chi connectivity index (χ2n) is 4.20. The summed E-state index contributed by atoms with van der Waals surface area (Å²) in [5, 5.41) is 2.95. The topological polar surface area (TPSA) is 54.5 Å². The zero-order valence-electron chi connectivity index (χ0n) is 11.2. The van der Waals surface area contributed by atoms with Crippen molar-refractivity contribution in [1.29, 1.82) is 0 Å². The Balaban J connectivity index is 2.36. The third kappa shape index (κ3) is 4.81. The average molecular weight is 251 g/mol. The summed E-state index contributed by atoms with van der Waals surface area (Å²) in [6.45, 7) is 1.47. The van der Waals surface area contributed by atoms with E-state index in [4.69, 9.17) is 4.74 Å². The number of likely N-dealkylation sites (N-methyl/N-ethyl adjacent to an activating group) is 2. The number of ether oxygens (including phenoxy) is 1. The fraction of sp³-hybridized carbons (Fsp3) is 0.538. The summed E-state index contributed by atoms with van der Waals surface area (Å²) < 4.78 is 4.73. The Bertz CT molecular complexity index is 357. The minimum absolute atomic E-state index is 0.234. The summed E-state index contributed by atoms with van der Waals surface area (Å²) in [4.78, 5) is 17.8. The molecule has 0 aliphatic rings. The first-order chi connectivity index (χ1) is 8.67. The molecule has 0 saturated carbocycles. The Hall–Kier alpha value is -1.46. The number of esters is 1. The van der Waals surface area contributed by atoms with Crippen LogP contribution in [0.5, 0.6) is 0 Å². The van der Waals surface area contributed by atoms with Gasteiger partial charge in [0.05, 0.1) is 7.11 Å². The highest BCUT2D eigenvalue weighted by Crippen LogP contribution is 1.98. The van der Waals surface area contributed by atoms with Crippen molar-refractivity contribution < 1.29 is 9.53 Å². The molecule has 0 aliphatic heterocycles. The van der Waals surface area contributed by atoms with Crippen molar-refractivity contribution >= 4 is 5.97 Å². The van der Waals surface area contributed by atoms with Gasteiger partial charge >= 0.3 is 5.97 Å². The van der Waals surface area contributed by atoms with Gasteiger partial charge in [-0.3, -0.25) is 9.78 Å². The van der Waals surface area contributed by atoms with E-state index in [1.165, 1.54) is 7.11 Å². The number of aromatic nitrogens is 1. The SMILES string of the molecule is CNC(CN(C)CCc1ccccn1)C(=O)OC. The summed E-state index contributed by atoms with van der Waals surface area (Å²) in [5.74, 6) is -0.234. The lowest BCUT2D eigenvalue weighted by Gasteiger charge is -2.21. The van der Waals surface area contributed by atoms with E-state index < -0.39 is 0 Å². The highest BCUT2D eigenvalue weighted by Gasteiger charge is 2.18. The Morgan fingerprint density at radius 2 is 2.33 bits per heavy atom. The molecule has 0 radical (unpaired) electrons. The zero-order chi connectivity index (χ0) is 13.4. The third-order valence-corrected chi connectivity index (χ3v) is 2.80. The summed E-state index contributed by atoms with van der Waals surface area (Å²) >= 11 is 0. The number of hydrogen-bond donors (Lipinski definition) is 1. The largest absolute Gasteiger partial charge is 0.468 e. The van der Waals surface area contributed by atoms with Crippen molar-refractivity contribution in [3.8, 4) is 0 Å². The second-order valence-corrected chi connectivity index (χ2v) is 4.20. The molecule has 0 spiro atoms. The van der Waals surface area contributed by atoms with Gasteiger partial charge in [0.25, 0.3) is 0 Å². The number of hydrogen-bond acceptors (Lipinski definition) is 5. The van der Waals surface area contributed by atoms with E-state index in [9.17, 15) is 4.79 Å². The van der Waals surface area contributed by atoms with Crippen LogP contribution in [0, 0.1) is 0 Å². The number of carbonyl (C=O) groups is 1. The van der Waals surface area contributed by atoms with Crippen molar-refractivity contribution in [2.24, 2.45) is 0 Å². The Morgan fingerprint density at radius 1 is 1.56 bits per heavy atom. The molecule has 1 unspecified atom stereocenters. The summed E-state index contributed by atoms with van der Waals surface area (Å²) in [7, 11) is 5.14. The quantitative estimate of drug-likeness (QED) is 0.707. The van der Waals surface area contributed by atoms with Gasteiger partial charge in [0, 0.05) is 31.4 Å². The van der Waals surface area contributed by atoms with Gasteiger partial charge in [0.2, 0.25) is 0 Å². The van der Waals surface area contributed by atoms with Crippen molar-refractivity contribution in [2.75, 3.05) is 34.3 Å². The molecule has 1 N–H and O–H groups in total. The number of pyridine rings is 1. The molecule has 0 aromatic carbocycles. The van der Waals surface area contributed by atoms with Gasteiger partial charge in [0.1, 0.15) is 6.04 Å². The van der Waals surface area contributed by atoms with Gasteiger partial charge < -0.3 is 15.0 Å². The van der Waals surface area contributed by atoms with Crippen LogP contribution in [0.1, 0.15) is 5.69 Å². The standard InChI is InChI=1S/C13H21N3O2/c1-14-12(13(17)18-3)10-16(2)9-7-11-6-4-5-8-15-11/h4-6,8,12,14H,7,9-10H2,1-3H3. The molecule has 0 aliphatic carbocycles. The fourth-order valence-corrected chi connectivity index (χ4v) is 1.68. The van der Waals surface area contributed by atoms with E-state index in [-0.39, 0.29) is 12.0 Å². The smallest absolute Gasteiger partial charge is 0.324 e. The molecule has 5 nitrogen and oxygen atoms in total. The molecule has 1 heterocycles. The van der Waals surface area contributed by atoms with E-state index >= 15 is 0 Å². The second kappa shape index (κ2) is 7.79. The van der Waals surface area contributed by atoms with Crippen LogP contribution in [0.15, 0.2) is 24.4 Å². The molecule has 100 valence electrons. The van der Waals surface area contributed by atoms with Gasteiger partial charge in [-0.25, -0.2) is 0 Å². The molecule has 0 amide bonds. The number of nitrogens with zero attached hydrogens (tertiary/aromatic N) is 2. The molecule has 1 aromatic rings. The normalized spacial score (nSPS) is 12.4. The van der Waals surface area contributed by atoms with Crippen LogP contribution in [0.25, 0.3) is 0 Å². The number of methoxy groups -OCH3 is 1. The maximum atomic E-state index is 11.4. The molecule has 1 atom stereocenters. The fourth-order valence-electron chi connectivity index (χ4n) is 1.68. The molecule has 1 rings (SSSR count). The first-order valence-electron chi connectivity index (χ1n) is 6.01. The van der Waals surface area contributed by atoms with Crippen LogP contribution in [-0.4, -0.2) is 56.2 Å². The predicted molar refractivity (Wildman–Crippen MR) is 70.3 cm³/mol. The van der Waals surface area contributed by atoms with Crippen LogP contribution in [0.2, 0.25) is 0 Å². The predicted octanol–water partition coefficient (Wildman–Crippen LogP) is 0.317. The summed E-state index contributed by atoms with van der Waals surface area (Å²) in [5.41, 5.74) is 1.06. The lowest BCUT2D eigenvalue weighted by Crippen LogP contribution is -2.44. The first kappa shape index (κ1) is 14.6. The molecule has 18 heavy (non-hydrogen) atoms. The summed E-state index contributed by atoms with van der Waals surface area (Å²) in [6, 6.07) is 5.60. The van der Waals surface area contributed by atoms with Gasteiger partial charge in [-0.2, -0.15) is 0 Å². The van der Waals surface area contributed by atoms with E-state index in [0.29, 0.717) is 6.54 Å². The highest BCUT2D eigenvalue weighted by atomic mass is 16.5. The van der Waals surface area contributed by atoms with Crippen LogP contribution in [-0.2, 0) is 16.0 Å². The van der Waals surface area contributed by atoms with Gasteiger partial charge in [0.15, 0.2) is 0 Å². The minimum Gasteiger partial charge on any atom is -0.468 e. The van der Waals surface area contributed by atoms with Crippen molar-refractivity contribution in [2.45, 2.75) is 12.5 Å². The molecule has 1 aromatic heterocycles. The van der Waals surface area contributed by atoms with E-state index in [2.05, 4.69) is 15.2 Å². The molecular weight excluding hydrogens is 230 g/mol. The zero-order valence-corrected chi connectivity index (χ0v) is 11.2. The number of nitrogens with one attached hydrogen (secondary N) is 1. The average Bonchev–Trinajstić information content (AvgIpc) is 2.42. The Morgan fingerprint density at radius 3 is 2.89 bits per heavy atom. The molecule has 5 heteroatoms. The Kier molecular flexibility index (Phi) is 6.32. The maximum Gasteiger partial charge on any atom is 0.324 e. The van der Waals surface area contributed by atoms with Crippen molar-refractivity contribution in [3.05, 3.63) is 30.1 Å². The van der Waals surface area contributed by atoms with Gasteiger partial charge in [-0.05, 0) is 26.2 Å². The van der Waals surface area contributed by atoms with Crippen LogP contribution in [0.3, 0.4) is 0 Å². The van der Waals surface area contributed by atoms with Gasteiger partial charge in [-0.1, -0.05) is 6.07 Å². The number of rotatable bonds is 7. The monoisotopic (exact) mass is 251 g/mol. The molecule has 0 saturated heterocycles. The van der Waals surface area contributed by atoms with E-state index in [1.807, 2.05) is 25.2 Å². The van der Waals surface area contributed by atoms with E-state index in [0.717, 1.165) is 18.7 Å². The molecule has 0 fully saturated rings. The number of carbonyl (C=O) groups excluding carboxylic acids is 1. The van der Waals surface area contributed by atoms with Gasteiger partial charge in [-0.15, -0.1) is 0 Å². The van der Waals surface area contributed by atoms with Crippen LogP contribution < -0.4 is 5.32 Å². The highest BCUT2D eigenvalue weighted by molar-refractivity contribution is 5.75. The Labute approximate surface area is 108 Å².